The highest BCUT2D eigenvalue weighted by atomic mass is 14.9. The lowest BCUT2D eigenvalue weighted by atomic mass is 10.0. The number of hydrogen-bond donors (Lipinski definition) is 1. The molecule has 2 rings (SSSR count). The van der Waals surface area contributed by atoms with Gasteiger partial charge in [0, 0.05) is 6.54 Å². The summed E-state index contributed by atoms with van der Waals surface area (Å²) in [4.78, 5) is 0. The molecule has 2 aliphatic rings. The van der Waals surface area contributed by atoms with E-state index in [-0.39, 0.29) is 0 Å². The van der Waals surface area contributed by atoms with Crippen LogP contribution in [-0.2, 0) is 0 Å². The highest BCUT2D eigenvalue weighted by molar-refractivity contribution is 5.05. The summed E-state index contributed by atoms with van der Waals surface area (Å²) < 4.78 is 0. The highest BCUT2D eigenvalue weighted by Gasteiger charge is 2.53. The molecule has 0 amide bonds. The molecule has 2 saturated carbocycles. The van der Waals surface area contributed by atoms with Crippen LogP contribution in [0.15, 0.2) is 0 Å². The van der Waals surface area contributed by atoms with Gasteiger partial charge in [0.1, 0.15) is 0 Å². The Morgan fingerprint density at radius 3 is 2.60 bits per heavy atom. The maximum Gasteiger partial charge on any atom is 0.176 e. The number of rotatable bonds is 3. The van der Waals surface area contributed by atoms with Crippen molar-refractivity contribution in [2.45, 2.75) is 25.7 Å². The summed E-state index contributed by atoms with van der Waals surface area (Å²) in [6.45, 7) is 0.939. The number of hydrogen-bond acceptors (Lipinski definition) is 2. The molecule has 0 atom stereocenters. The largest absolute Gasteiger partial charge is 0.323 e. The van der Waals surface area contributed by atoms with E-state index in [1.165, 1.54) is 25.7 Å². The van der Waals surface area contributed by atoms with Gasteiger partial charge in [0.05, 0.1) is 0 Å². The Morgan fingerprint density at radius 2 is 2.20 bits per heavy atom. The second kappa shape index (κ2) is 1.88. The molecule has 0 aliphatic heterocycles. The molecular weight excluding hydrogens is 124 g/mol. The third kappa shape index (κ3) is 0.862. The zero-order valence-electron chi connectivity index (χ0n) is 6.06. The third-order valence-electron chi connectivity index (χ3n) is 2.86. The molecule has 54 valence electrons. The fraction of sp³-hybridized carbons (Fsp3) is 0.875. The van der Waals surface area contributed by atoms with Crippen LogP contribution in [0.5, 0.6) is 0 Å². The minimum Gasteiger partial charge on any atom is -0.323 e. The van der Waals surface area contributed by atoms with Crippen molar-refractivity contribution in [2.75, 3.05) is 6.54 Å². The van der Waals surface area contributed by atoms with Gasteiger partial charge in [-0.25, -0.2) is 0 Å². The molecule has 0 aromatic rings. The van der Waals surface area contributed by atoms with Crippen LogP contribution in [0.25, 0.3) is 0 Å². The number of nitriles is 1. The van der Waals surface area contributed by atoms with Crippen molar-refractivity contribution in [2.24, 2.45) is 11.3 Å². The Labute approximate surface area is 61.2 Å². The molecule has 0 aromatic carbocycles. The number of nitrogens with zero attached hydrogens (tertiary/aromatic N) is 1. The second-order valence-corrected chi connectivity index (χ2v) is 3.60. The van der Waals surface area contributed by atoms with Gasteiger partial charge < -0.3 is 5.32 Å². The quantitative estimate of drug-likeness (QED) is 0.468. The van der Waals surface area contributed by atoms with Crippen LogP contribution in [0.3, 0.4) is 0 Å². The van der Waals surface area contributed by atoms with Gasteiger partial charge in [0.25, 0.3) is 0 Å². The van der Waals surface area contributed by atoms with Crippen molar-refractivity contribution in [1.29, 1.82) is 5.26 Å². The van der Waals surface area contributed by atoms with Crippen LogP contribution < -0.4 is 5.32 Å². The topological polar surface area (TPSA) is 35.8 Å². The van der Waals surface area contributed by atoms with E-state index in [1.807, 2.05) is 6.19 Å². The van der Waals surface area contributed by atoms with Crippen molar-refractivity contribution in [1.82, 2.24) is 5.32 Å². The third-order valence-corrected chi connectivity index (χ3v) is 2.86. The standard InChI is InChI=1S/C8H12N2/c9-6-10-5-8(3-4-8)7-1-2-7/h7,10H,1-5H2. The molecule has 0 saturated heterocycles. The molecule has 2 fully saturated rings. The zero-order chi connectivity index (χ0) is 7.03. The summed E-state index contributed by atoms with van der Waals surface area (Å²) in [5.74, 6) is 0.966. The second-order valence-electron chi connectivity index (χ2n) is 3.60. The van der Waals surface area contributed by atoms with Crippen LogP contribution in [0.1, 0.15) is 25.7 Å². The maximum atomic E-state index is 8.30. The van der Waals surface area contributed by atoms with Gasteiger partial charge in [-0.2, -0.15) is 5.26 Å². The molecular formula is C8H12N2. The number of nitrogens with one attached hydrogen (secondary N) is 1. The molecule has 2 heteroatoms. The van der Waals surface area contributed by atoms with Crippen molar-refractivity contribution < 1.29 is 0 Å². The SMILES string of the molecule is N#CNCC1(C2CC2)CC1. The molecule has 0 unspecified atom stereocenters. The lowest BCUT2D eigenvalue weighted by Crippen LogP contribution is -2.20. The average Bonchev–Trinajstić information content (AvgIpc) is 2.76. The van der Waals surface area contributed by atoms with Crippen LogP contribution >= 0.6 is 0 Å². The monoisotopic (exact) mass is 136 g/mol. The van der Waals surface area contributed by atoms with Crippen molar-refractivity contribution >= 4 is 0 Å². The smallest absolute Gasteiger partial charge is 0.176 e. The van der Waals surface area contributed by atoms with E-state index in [4.69, 9.17) is 5.26 Å². The van der Waals surface area contributed by atoms with E-state index in [2.05, 4.69) is 5.32 Å². The first-order chi connectivity index (χ1) is 4.87. The Kier molecular flexibility index (Phi) is 1.14. The highest BCUT2D eigenvalue weighted by Crippen LogP contribution is 2.60. The lowest BCUT2D eigenvalue weighted by Gasteiger charge is -2.10. The molecule has 0 heterocycles. The van der Waals surface area contributed by atoms with Crippen LogP contribution in [0.2, 0.25) is 0 Å². The van der Waals surface area contributed by atoms with E-state index in [9.17, 15) is 0 Å². The Morgan fingerprint density at radius 1 is 1.50 bits per heavy atom. The molecule has 0 spiro atoms. The van der Waals surface area contributed by atoms with E-state index in [0.29, 0.717) is 5.41 Å². The van der Waals surface area contributed by atoms with Crippen molar-refractivity contribution in [3.05, 3.63) is 0 Å². The first kappa shape index (κ1) is 6.03. The van der Waals surface area contributed by atoms with Crippen LogP contribution in [0, 0.1) is 22.8 Å². The van der Waals surface area contributed by atoms with Gasteiger partial charge in [-0.1, -0.05) is 0 Å². The molecule has 2 aliphatic carbocycles. The fourth-order valence-corrected chi connectivity index (χ4v) is 1.80. The van der Waals surface area contributed by atoms with Gasteiger partial charge in [-0.15, -0.1) is 0 Å². The summed E-state index contributed by atoms with van der Waals surface area (Å²) in [5, 5.41) is 11.1. The molecule has 10 heavy (non-hydrogen) atoms. The van der Waals surface area contributed by atoms with E-state index >= 15 is 0 Å². The van der Waals surface area contributed by atoms with Gasteiger partial charge >= 0.3 is 0 Å². The first-order valence-corrected chi connectivity index (χ1v) is 3.99. The lowest BCUT2D eigenvalue weighted by molar-refractivity contribution is 0.430. The van der Waals surface area contributed by atoms with Gasteiger partial charge in [-0.05, 0) is 37.0 Å². The fourth-order valence-electron chi connectivity index (χ4n) is 1.80. The zero-order valence-corrected chi connectivity index (χ0v) is 6.06. The Bertz CT molecular complexity index is 172. The van der Waals surface area contributed by atoms with E-state index in [1.54, 1.807) is 0 Å². The Hall–Kier alpha value is -0.710. The normalized spacial score (nSPS) is 27.1. The van der Waals surface area contributed by atoms with Gasteiger partial charge in [0.2, 0.25) is 0 Å². The summed E-state index contributed by atoms with van der Waals surface area (Å²) in [7, 11) is 0. The molecule has 2 nitrogen and oxygen atoms in total. The van der Waals surface area contributed by atoms with Gasteiger partial charge in [0.15, 0.2) is 6.19 Å². The minimum absolute atomic E-state index is 0.579. The predicted molar refractivity (Wildman–Crippen MR) is 38.0 cm³/mol. The first-order valence-electron chi connectivity index (χ1n) is 3.99. The summed E-state index contributed by atoms with van der Waals surface area (Å²) >= 11 is 0. The summed E-state index contributed by atoms with van der Waals surface area (Å²) in [6, 6.07) is 0. The van der Waals surface area contributed by atoms with Gasteiger partial charge in [-0.3, -0.25) is 0 Å². The van der Waals surface area contributed by atoms with E-state index < -0.39 is 0 Å². The van der Waals surface area contributed by atoms with Crippen molar-refractivity contribution in [3.63, 3.8) is 0 Å². The molecule has 1 N–H and O–H groups in total. The molecule has 0 bridgehead atoms. The average molecular weight is 136 g/mol. The predicted octanol–water partition coefficient (Wildman–Crippen LogP) is 1.25. The summed E-state index contributed by atoms with van der Waals surface area (Å²) in [6.07, 6.45) is 7.52. The minimum atomic E-state index is 0.579. The van der Waals surface area contributed by atoms with Crippen molar-refractivity contribution in [3.8, 4) is 6.19 Å². The molecule has 0 aromatic heterocycles. The van der Waals surface area contributed by atoms with E-state index in [0.717, 1.165) is 12.5 Å². The Balaban J connectivity index is 1.84. The van der Waals surface area contributed by atoms with Crippen LogP contribution in [-0.4, -0.2) is 6.54 Å². The molecule has 0 radical (unpaired) electrons. The summed E-state index contributed by atoms with van der Waals surface area (Å²) in [5.41, 5.74) is 0.579. The maximum absolute atomic E-state index is 8.30. The van der Waals surface area contributed by atoms with Crippen LogP contribution in [0.4, 0.5) is 0 Å².